The highest BCUT2D eigenvalue weighted by Gasteiger charge is 2.25. The van der Waals surface area contributed by atoms with E-state index in [9.17, 15) is 4.79 Å². The summed E-state index contributed by atoms with van der Waals surface area (Å²) in [4.78, 5) is 14.8. The lowest BCUT2D eigenvalue weighted by Crippen LogP contribution is -2.47. The fourth-order valence-electron chi connectivity index (χ4n) is 3.52. The second-order valence-corrected chi connectivity index (χ2v) is 7.64. The van der Waals surface area contributed by atoms with E-state index in [2.05, 4.69) is 10.4 Å². The standard InChI is InChI=1S/C19H24Cl2N4O/c1-12-16(10-19(26)24-8-4-5-15(11-24)22-3)13(2)25(23-12)18-7-6-14(20)9-17(18)21/h6-7,9,15,22H,4-5,8,10-11H2,1-3H3. The number of carbonyl (C=O) groups is 1. The number of piperidine rings is 1. The molecule has 1 amide bonds. The molecule has 2 aromatic rings. The van der Waals surface area contributed by atoms with E-state index in [1.165, 1.54) is 0 Å². The Morgan fingerprint density at radius 2 is 2.12 bits per heavy atom. The van der Waals surface area contributed by atoms with Crippen LogP contribution in [0.5, 0.6) is 0 Å². The molecule has 1 fully saturated rings. The Morgan fingerprint density at radius 1 is 1.35 bits per heavy atom. The first kappa shape index (κ1) is 19.2. The second-order valence-electron chi connectivity index (χ2n) is 6.80. The van der Waals surface area contributed by atoms with Crippen LogP contribution < -0.4 is 5.32 Å². The number of halogens is 2. The van der Waals surface area contributed by atoms with Gasteiger partial charge in [-0.2, -0.15) is 5.10 Å². The Hall–Kier alpha value is -1.56. The molecule has 2 heterocycles. The zero-order valence-electron chi connectivity index (χ0n) is 15.4. The van der Waals surface area contributed by atoms with E-state index < -0.39 is 0 Å². The number of amides is 1. The van der Waals surface area contributed by atoms with Crippen LogP contribution in [0.25, 0.3) is 5.69 Å². The number of aryl methyl sites for hydroxylation is 1. The van der Waals surface area contributed by atoms with Gasteiger partial charge in [-0.1, -0.05) is 23.2 Å². The maximum absolute atomic E-state index is 12.8. The maximum atomic E-state index is 12.8. The van der Waals surface area contributed by atoms with Gasteiger partial charge in [-0.05, 0) is 51.9 Å². The molecule has 1 unspecified atom stereocenters. The summed E-state index contributed by atoms with van der Waals surface area (Å²) in [7, 11) is 1.95. The third-order valence-corrected chi connectivity index (χ3v) is 5.63. The van der Waals surface area contributed by atoms with Crippen LogP contribution in [-0.2, 0) is 11.2 Å². The van der Waals surface area contributed by atoms with Crippen molar-refractivity contribution in [2.75, 3.05) is 20.1 Å². The molecule has 0 bridgehead atoms. The predicted molar refractivity (Wildman–Crippen MR) is 105 cm³/mol. The van der Waals surface area contributed by atoms with Crippen molar-refractivity contribution in [3.05, 3.63) is 45.2 Å². The number of nitrogens with one attached hydrogen (secondary N) is 1. The van der Waals surface area contributed by atoms with Crippen molar-refractivity contribution in [2.24, 2.45) is 0 Å². The minimum absolute atomic E-state index is 0.151. The lowest BCUT2D eigenvalue weighted by molar-refractivity contribution is -0.131. The van der Waals surface area contributed by atoms with Gasteiger partial charge in [0.2, 0.25) is 5.91 Å². The summed E-state index contributed by atoms with van der Waals surface area (Å²) in [5, 5.41) is 9.00. The number of likely N-dealkylation sites (N-methyl/N-ethyl adjacent to an activating group) is 1. The van der Waals surface area contributed by atoms with Gasteiger partial charge in [-0.25, -0.2) is 4.68 Å². The predicted octanol–water partition coefficient (Wildman–Crippen LogP) is 3.55. The van der Waals surface area contributed by atoms with Gasteiger partial charge in [-0.15, -0.1) is 0 Å². The zero-order chi connectivity index (χ0) is 18.8. The van der Waals surface area contributed by atoms with Gasteiger partial charge in [0.05, 0.1) is 22.8 Å². The highest BCUT2D eigenvalue weighted by Crippen LogP contribution is 2.27. The fourth-order valence-corrected chi connectivity index (χ4v) is 4.01. The van der Waals surface area contributed by atoms with Gasteiger partial charge in [0, 0.05) is 35.4 Å². The second kappa shape index (κ2) is 7.99. The molecule has 0 aliphatic carbocycles. The molecule has 1 N–H and O–H groups in total. The average Bonchev–Trinajstić information content (AvgIpc) is 2.90. The highest BCUT2D eigenvalue weighted by atomic mass is 35.5. The molecule has 0 radical (unpaired) electrons. The van der Waals surface area contributed by atoms with Gasteiger partial charge in [0.25, 0.3) is 0 Å². The SMILES string of the molecule is CNC1CCCN(C(=O)Cc2c(C)nn(-c3ccc(Cl)cc3Cl)c2C)C1. The first-order valence-corrected chi connectivity index (χ1v) is 9.62. The summed E-state index contributed by atoms with van der Waals surface area (Å²) >= 11 is 12.3. The molecule has 0 spiro atoms. The molecule has 26 heavy (non-hydrogen) atoms. The molecule has 1 atom stereocenters. The molecular weight excluding hydrogens is 371 g/mol. The van der Waals surface area contributed by atoms with Gasteiger partial charge in [0.15, 0.2) is 0 Å². The third kappa shape index (κ3) is 3.90. The summed E-state index contributed by atoms with van der Waals surface area (Å²) in [5.74, 6) is 0.151. The molecule has 140 valence electrons. The van der Waals surface area contributed by atoms with Crippen LogP contribution in [0.15, 0.2) is 18.2 Å². The number of hydrogen-bond acceptors (Lipinski definition) is 3. The van der Waals surface area contributed by atoms with Crippen LogP contribution in [0.2, 0.25) is 10.0 Å². The van der Waals surface area contributed by atoms with E-state index in [4.69, 9.17) is 23.2 Å². The van der Waals surface area contributed by atoms with Crippen LogP contribution in [0.3, 0.4) is 0 Å². The lowest BCUT2D eigenvalue weighted by Gasteiger charge is -2.32. The van der Waals surface area contributed by atoms with Crippen LogP contribution in [0.4, 0.5) is 0 Å². The molecular formula is C19H24Cl2N4O. The van der Waals surface area contributed by atoms with E-state index >= 15 is 0 Å². The van der Waals surface area contributed by atoms with Crippen LogP contribution in [0.1, 0.15) is 29.8 Å². The molecule has 1 aromatic heterocycles. The lowest BCUT2D eigenvalue weighted by atomic mass is 10.0. The minimum atomic E-state index is 0.151. The number of likely N-dealkylation sites (tertiary alicyclic amines) is 1. The molecule has 1 aromatic carbocycles. The van der Waals surface area contributed by atoms with Crippen molar-refractivity contribution in [1.82, 2.24) is 20.0 Å². The number of hydrogen-bond donors (Lipinski definition) is 1. The first-order valence-electron chi connectivity index (χ1n) is 8.86. The van der Waals surface area contributed by atoms with E-state index in [1.807, 2.05) is 31.9 Å². The van der Waals surface area contributed by atoms with Crippen molar-refractivity contribution in [3.8, 4) is 5.69 Å². The van der Waals surface area contributed by atoms with Crippen molar-refractivity contribution < 1.29 is 4.79 Å². The zero-order valence-corrected chi connectivity index (χ0v) is 16.9. The van der Waals surface area contributed by atoms with Crippen LogP contribution >= 0.6 is 23.2 Å². The highest BCUT2D eigenvalue weighted by molar-refractivity contribution is 6.35. The van der Waals surface area contributed by atoms with Gasteiger partial charge >= 0.3 is 0 Å². The minimum Gasteiger partial charge on any atom is -0.341 e. The normalized spacial score (nSPS) is 17.6. The van der Waals surface area contributed by atoms with Crippen molar-refractivity contribution >= 4 is 29.1 Å². The molecule has 7 heteroatoms. The van der Waals surface area contributed by atoms with Crippen molar-refractivity contribution in [2.45, 2.75) is 39.2 Å². The Labute approximate surface area is 164 Å². The average molecular weight is 395 g/mol. The Kier molecular flexibility index (Phi) is 5.90. The van der Waals surface area contributed by atoms with Crippen LogP contribution in [-0.4, -0.2) is 46.8 Å². The summed E-state index contributed by atoms with van der Waals surface area (Å²) < 4.78 is 1.79. The molecule has 0 saturated carbocycles. The Bertz CT molecular complexity index is 818. The van der Waals surface area contributed by atoms with E-state index in [0.29, 0.717) is 22.5 Å². The van der Waals surface area contributed by atoms with Crippen LogP contribution in [0, 0.1) is 13.8 Å². The summed E-state index contributed by atoms with van der Waals surface area (Å²) in [6.45, 7) is 5.50. The number of nitrogens with zero attached hydrogens (tertiary/aromatic N) is 3. The van der Waals surface area contributed by atoms with Crippen molar-refractivity contribution in [3.63, 3.8) is 0 Å². The summed E-state index contributed by atoms with van der Waals surface area (Å²) in [6.07, 6.45) is 2.51. The number of benzene rings is 1. The molecule has 1 aliphatic rings. The van der Waals surface area contributed by atoms with E-state index in [1.54, 1.807) is 16.8 Å². The quantitative estimate of drug-likeness (QED) is 0.862. The molecule has 5 nitrogen and oxygen atoms in total. The maximum Gasteiger partial charge on any atom is 0.227 e. The number of rotatable bonds is 4. The van der Waals surface area contributed by atoms with Gasteiger partial charge < -0.3 is 10.2 Å². The topological polar surface area (TPSA) is 50.2 Å². The smallest absolute Gasteiger partial charge is 0.227 e. The summed E-state index contributed by atoms with van der Waals surface area (Å²) in [6, 6.07) is 5.71. The van der Waals surface area contributed by atoms with Crippen molar-refractivity contribution in [1.29, 1.82) is 0 Å². The van der Waals surface area contributed by atoms with Gasteiger partial charge in [-0.3, -0.25) is 4.79 Å². The number of aromatic nitrogens is 2. The fraction of sp³-hybridized carbons (Fsp3) is 0.474. The van der Waals surface area contributed by atoms with E-state index in [-0.39, 0.29) is 5.91 Å². The Morgan fingerprint density at radius 3 is 2.81 bits per heavy atom. The Balaban J connectivity index is 1.83. The largest absolute Gasteiger partial charge is 0.341 e. The molecule has 3 rings (SSSR count). The monoisotopic (exact) mass is 394 g/mol. The first-order chi connectivity index (χ1) is 12.4. The summed E-state index contributed by atoms with van der Waals surface area (Å²) in [5.41, 5.74) is 3.52. The molecule has 1 saturated heterocycles. The molecule has 1 aliphatic heterocycles. The third-order valence-electron chi connectivity index (χ3n) is 5.09. The van der Waals surface area contributed by atoms with E-state index in [0.717, 1.165) is 48.6 Å². The number of carbonyl (C=O) groups excluding carboxylic acids is 1. The van der Waals surface area contributed by atoms with Gasteiger partial charge in [0.1, 0.15) is 0 Å².